The third-order valence-corrected chi connectivity index (χ3v) is 4.69. The lowest BCUT2D eigenvalue weighted by Crippen LogP contribution is -2.62. The number of aliphatic hydroxyl groups is 1. The first-order valence-electron chi connectivity index (χ1n) is 7.08. The van der Waals surface area contributed by atoms with Crippen LogP contribution in [0, 0.1) is 11.8 Å². The van der Waals surface area contributed by atoms with Gasteiger partial charge in [-0.05, 0) is 44.1 Å². The summed E-state index contributed by atoms with van der Waals surface area (Å²) in [6.45, 7) is 2.84. The van der Waals surface area contributed by atoms with Gasteiger partial charge in [-0.15, -0.1) is 0 Å². The van der Waals surface area contributed by atoms with Gasteiger partial charge < -0.3 is 10.4 Å². The fourth-order valence-electron chi connectivity index (χ4n) is 3.75. The smallest absolute Gasteiger partial charge is 0.178 e. The Kier molecular flexibility index (Phi) is 4.21. The quantitative estimate of drug-likeness (QED) is 0.790. The van der Waals surface area contributed by atoms with E-state index in [0.29, 0.717) is 11.8 Å². The highest BCUT2D eigenvalue weighted by Gasteiger charge is 2.46. The number of piperidine rings is 1. The highest BCUT2D eigenvalue weighted by Crippen LogP contribution is 2.39. The zero-order chi connectivity index (χ0) is 12.3. The summed E-state index contributed by atoms with van der Waals surface area (Å²) < 4.78 is 0. The van der Waals surface area contributed by atoms with Gasteiger partial charge in [-0.3, -0.25) is 4.79 Å². The molecule has 2 aliphatic rings. The van der Waals surface area contributed by atoms with Crippen molar-refractivity contribution in [3.63, 3.8) is 0 Å². The predicted octanol–water partition coefficient (Wildman–Crippen LogP) is 1.89. The zero-order valence-corrected chi connectivity index (χ0v) is 10.9. The fraction of sp³-hybridized carbons (Fsp3) is 0.929. The second-order valence-electron chi connectivity index (χ2n) is 5.91. The lowest BCUT2D eigenvalue weighted by molar-refractivity contribution is -0.133. The summed E-state index contributed by atoms with van der Waals surface area (Å²) in [6, 6.07) is 0. The van der Waals surface area contributed by atoms with Crippen LogP contribution in [0.1, 0.15) is 51.9 Å². The molecule has 0 spiro atoms. The van der Waals surface area contributed by atoms with Crippen molar-refractivity contribution in [3.05, 3.63) is 0 Å². The Morgan fingerprint density at radius 1 is 1.29 bits per heavy atom. The van der Waals surface area contributed by atoms with Crippen molar-refractivity contribution in [2.75, 3.05) is 13.2 Å². The van der Waals surface area contributed by atoms with E-state index < -0.39 is 5.54 Å². The number of carbonyl (C=O) groups excluding carboxylic acids is 1. The number of Topliss-reactive ketones (excluding diaryl/α,β-unsaturated/α-hetero) is 1. The van der Waals surface area contributed by atoms with Crippen LogP contribution in [-0.4, -0.2) is 29.6 Å². The number of hydrogen-bond acceptors (Lipinski definition) is 3. The summed E-state index contributed by atoms with van der Waals surface area (Å²) in [7, 11) is 0. The molecule has 1 aliphatic carbocycles. The average Bonchev–Trinajstić information content (AvgIpc) is 2.38. The van der Waals surface area contributed by atoms with E-state index in [0.717, 1.165) is 32.2 Å². The molecule has 0 aromatic heterocycles. The van der Waals surface area contributed by atoms with E-state index in [1.807, 2.05) is 0 Å². The lowest BCUT2D eigenvalue weighted by Gasteiger charge is -2.46. The van der Waals surface area contributed by atoms with E-state index in [2.05, 4.69) is 12.2 Å². The van der Waals surface area contributed by atoms with E-state index in [1.165, 1.54) is 19.3 Å². The molecule has 3 nitrogen and oxygen atoms in total. The Bertz CT molecular complexity index is 273. The van der Waals surface area contributed by atoms with Crippen LogP contribution in [0.5, 0.6) is 0 Å². The zero-order valence-electron chi connectivity index (χ0n) is 10.9. The van der Waals surface area contributed by atoms with Gasteiger partial charge in [0.2, 0.25) is 0 Å². The monoisotopic (exact) mass is 239 g/mol. The second kappa shape index (κ2) is 5.49. The normalized spacial score (nSPS) is 35.8. The summed E-state index contributed by atoms with van der Waals surface area (Å²) in [4.78, 5) is 12.2. The first-order valence-corrected chi connectivity index (χ1v) is 7.08. The van der Waals surface area contributed by atoms with Gasteiger partial charge in [-0.25, -0.2) is 0 Å². The van der Waals surface area contributed by atoms with E-state index in [1.54, 1.807) is 0 Å². The maximum absolute atomic E-state index is 12.2. The van der Waals surface area contributed by atoms with E-state index >= 15 is 0 Å². The topological polar surface area (TPSA) is 49.3 Å². The predicted molar refractivity (Wildman–Crippen MR) is 67.8 cm³/mol. The molecule has 98 valence electrons. The van der Waals surface area contributed by atoms with Crippen LogP contribution < -0.4 is 5.32 Å². The molecule has 0 aromatic rings. The number of aliphatic hydroxyl groups excluding tert-OH is 1. The average molecular weight is 239 g/mol. The largest absolute Gasteiger partial charge is 0.389 e. The molecule has 0 amide bonds. The van der Waals surface area contributed by atoms with Crippen LogP contribution in [0.25, 0.3) is 0 Å². The Hall–Kier alpha value is -0.410. The molecular formula is C14H25NO2. The standard InChI is InChI=1S/C14H25NO2/c1-11-7-8-15-14(9-11,13(17)10-16)12-5-3-2-4-6-12/h11-12,15-16H,2-10H2,1H3. The van der Waals surface area contributed by atoms with Gasteiger partial charge in [0.15, 0.2) is 5.78 Å². The molecule has 2 unspecified atom stereocenters. The number of hydrogen-bond donors (Lipinski definition) is 2. The van der Waals surface area contributed by atoms with Gasteiger partial charge in [0.1, 0.15) is 6.61 Å². The number of nitrogens with one attached hydrogen (secondary N) is 1. The minimum absolute atomic E-state index is 0.0240. The first kappa shape index (κ1) is 13.0. The summed E-state index contributed by atoms with van der Waals surface area (Å²) >= 11 is 0. The maximum atomic E-state index is 12.2. The van der Waals surface area contributed by atoms with Crippen molar-refractivity contribution < 1.29 is 9.90 Å². The van der Waals surface area contributed by atoms with Crippen LogP contribution in [0.15, 0.2) is 0 Å². The van der Waals surface area contributed by atoms with Gasteiger partial charge in [-0.1, -0.05) is 26.2 Å². The second-order valence-corrected chi connectivity index (χ2v) is 5.91. The molecule has 0 bridgehead atoms. The van der Waals surface area contributed by atoms with Crippen LogP contribution in [0.3, 0.4) is 0 Å². The minimum Gasteiger partial charge on any atom is -0.389 e. The molecule has 1 saturated heterocycles. The highest BCUT2D eigenvalue weighted by atomic mass is 16.3. The Balaban J connectivity index is 2.18. The SMILES string of the molecule is CC1CCNC(C(=O)CO)(C2CCCCC2)C1. The Labute approximate surface area is 104 Å². The van der Waals surface area contributed by atoms with Crippen LogP contribution in [-0.2, 0) is 4.79 Å². The van der Waals surface area contributed by atoms with Gasteiger partial charge >= 0.3 is 0 Å². The maximum Gasteiger partial charge on any atom is 0.178 e. The number of ketones is 1. The summed E-state index contributed by atoms with van der Waals surface area (Å²) in [5, 5.41) is 12.8. The van der Waals surface area contributed by atoms with Crippen LogP contribution in [0.2, 0.25) is 0 Å². The van der Waals surface area contributed by atoms with Crippen molar-refractivity contribution in [2.24, 2.45) is 11.8 Å². The first-order chi connectivity index (χ1) is 8.19. The third kappa shape index (κ3) is 2.55. The van der Waals surface area contributed by atoms with Crippen molar-refractivity contribution in [1.29, 1.82) is 0 Å². The van der Waals surface area contributed by atoms with Crippen LogP contribution in [0.4, 0.5) is 0 Å². The van der Waals surface area contributed by atoms with Gasteiger partial charge in [0.25, 0.3) is 0 Å². The molecule has 0 aromatic carbocycles. The Morgan fingerprint density at radius 3 is 2.59 bits per heavy atom. The molecule has 0 radical (unpaired) electrons. The van der Waals surface area contributed by atoms with E-state index in [4.69, 9.17) is 0 Å². The molecule has 2 N–H and O–H groups in total. The van der Waals surface area contributed by atoms with E-state index in [9.17, 15) is 9.90 Å². The number of carbonyl (C=O) groups is 1. The molecule has 3 heteroatoms. The van der Waals surface area contributed by atoms with E-state index in [-0.39, 0.29) is 12.4 Å². The molecule has 1 saturated carbocycles. The van der Waals surface area contributed by atoms with Crippen molar-refractivity contribution in [1.82, 2.24) is 5.32 Å². The third-order valence-electron chi connectivity index (χ3n) is 4.69. The minimum atomic E-state index is -0.410. The van der Waals surface area contributed by atoms with Crippen molar-refractivity contribution in [3.8, 4) is 0 Å². The fourth-order valence-corrected chi connectivity index (χ4v) is 3.75. The molecule has 1 aliphatic heterocycles. The van der Waals surface area contributed by atoms with Gasteiger partial charge in [0, 0.05) is 0 Å². The summed E-state index contributed by atoms with van der Waals surface area (Å²) in [6.07, 6.45) is 8.12. The molecule has 2 fully saturated rings. The van der Waals surface area contributed by atoms with Crippen molar-refractivity contribution in [2.45, 2.75) is 57.4 Å². The Morgan fingerprint density at radius 2 is 2.00 bits per heavy atom. The molecule has 1 heterocycles. The molecule has 2 atom stereocenters. The molecular weight excluding hydrogens is 214 g/mol. The summed E-state index contributed by atoms with van der Waals surface area (Å²) in [5.74, 6) is 1.06. The van der Waals surface area contributed by atoms with Crippen LogP contribution >= 0.6 is 0 Å². The highest BCUT2D eigenvalue weighted by molar-refractivity contribution is 5.90. The molecule has 17 heavy (non-hydrogen) atoms. The van der Waals surface area contributed by atoms with Crippen molar-refractivity contribution >= 4 is 5.78 Å². The van der Waals surface area contributed by atoms with Gasteiger partial charge in [-0.2, -0.15) is 0 Å². The molecule has 2 rings (SSSR count). The van der Waals surface area contributed by atoms with Gasteiger partial charge in [0.05, 0.1) is 5.54 Å². The lowest BCUT2D eigenvalue weighted by atomic mass is 9.66. The number of rotatable bonds is 3. The summed E-state index contributed by atoms with van der Waals surface area (Å²) in [5.41, 5.74) is -0.410.